The second-order valence-corrected chi connectivity index (χ2v) is 7.22. The first-order valence-corrected chi connectivity index (χ1v) is 9.22. The molecule has 1 atom stereocenters. The summed E-state index contributed by atoms with van der Waals surface area (Å²) in [7, 11) is 0. The summed E-state index contributed by atoms with van der Waals surface area (Å²) >= 11 is 0. The molecule has 1 unspecified atom stereocenters. The molecule has 1 aromatic rings. The standard InChI is InChI=1S/C17H22N8O/c18-15(26)12-3-1-7-24(12)17-20-16(13-4-2-8-25(13)23-17)19-14-9-11(21-22-14)10-5-6-10/h4,9-10,12H,1-3,5-8H2,(H2,18,26)(H2,19,20,21,22,23). The summed E-state index contributed by atoms with van der Waals surface area (Å²) in [5.74, 6) is 2.20. The number of guanidine groups is 1. The molecule has 4 aliphatic rings. The molecule has 1 aromatic heterocycles. The number of nitrogens with two attached hydrogens (primary N) is 1. The Kier molecular flexibility index (Phi) is 3.47. The van der Waals surface area contributed by atoms with E-state index >= 15 is 0 Å². The number of amides is 1. The number of carbonyl (C=O) groups excluding carboxylic acids is 1. The van der Waals surface area contributed by atoms with Crippen molar-refractivity contribution in [3.05, 3.63) is 23.5 Å². The molecule has 1 saturated carbocycles. The largest absolute Gasteiger partial charge is 0.368 e. The fourth-order valence-corrected chi connectivity index (χ4v) is 3.81. The van der Waals surface area contributed by atoms with Crippen LogP contribution in [0.25, 0.3) is 0 Å². The van der Waals surface area contributed by atoms with E-state index in [1.165, 1.54) is 12.8 Å². The zero-order valence-electron chi connectivity index (χ0n) is 14.5. The van der Waals surface area contributed by atoms with E-state index in [4.69, 9.17) is 10.7 Å². The number of likely N-dealkylation sites (tertiary alicyclic amines) is 1. The zero-order valence-corrected chi connectivity index (χ0v) is 14.5. The summed E-state index contributed by atoms with van der Waals surface area (Å²) < 4.78 is 0. The van der Waals surface area contributed by atoms with Gasteiger partial charge in [0, 0.05) is 30.8 Å². The number of hydrogen-bond donors (Lipinski definition) is 3. The highest BCUT2D eigenvalue weighted by molar-refractivity contribution is 6.09. The number of primary amides is 1. The number of nitrogens with zero attached hydrogens (tertiary/aromatic N) is 5. The SMILES string of the molecule is NC(=O)C1CCCN1C1=NC(=Nc2cc(C3CC3)[nH]n2)C2=CCCN2N1. The Labute approximate surface area is 151 Å². The maximum Gasteiger partial charge on any atom is 0.240 e. The van der Waals surface area contributed by atoms with Crippen LogP contribution in [0, 0.1) is 0 Å². The van der Waals surface area contributed by atoms with E-state index in [2.05, 4.69) is 26.7 Å². The number of aromatic amines is 1. The van der Waals surface area contributed by atoms with E-state index in [9.17, 15) is 4.79 Å². The fourth-order valence-electron chi connectivity index (χ4n) is 3.81. The Morgan fingerprint density at radius 3 is 3.00 bits per heavy atom. The third-order valence-corrected chi connectivity index (χ3v) is 5.33. The van der Waals surface area contributed by atoms with E-state index in [0.717, 1.165) is 43.7 Å². The second-order valence-electron chi connectivity index (χ2n) is 7.22. The Morgan fingerprint density at radius 2 is 2.19 bits per heavy atom. The molecule has 4 heterocycles. The number of H-pyrrole nitrogens is 1. The van der Waals surface area contributed by atoms with Crippen LogP contribution in [0.2, 0.25) is 0 Å². The molecule has 1 saturated heterocycles. The number of aliphatic imine (C=N–C) groups is 2. The van der Waals surface area contributed by atoms with Gasteiger partial charge >= 0.3 is 0 Å². The maximum atomic E-state index is 11.8. The van der Waals surface area contributed by atoms with Crippen molar-refractivity contribution in [2.45, 2.75) is 44.1 Å². The number of hydrazine groups is 1. The van der Waals surface area contributed by atoms with E-state index in [-0.39, 0.29) is 11.9 Å². The molecule has 9 heteroatoms. The lowest BCUT2D eigenvalue weighted by molar-refractivity contribution is -0.121. The number of amidine groups is 1. The molecule has 1 amide bonds. The van der Waals surface area contributed by atoms with Crippen molar-refractivity contribution in [3.63, 3.8) is 0 Å². The Balaban J connectivity index is 1.48. The minimum atomic E-state index is -0.317. The predicted molar refractivity (Wildman–Crippen MR) is 96.6 cm³/mol. The molecule has 9 nitrogen and oxygen atoms in total. The first kappa shape index (κ1) is 15.4. The van der Waals surface area contributed by atoms with Crippen LogP contribution in [-0.4, -0.2) is 56.9 Å². The lowest BCUT2D eigenvalue weighted by atomic mass is 10.2. The van der Waals surface area contributed by atoms with Crippen molar-refractivity contribution < 1.29 is 4.79 Å². The van der Waals surface area contributed by atoms with Gasteiger partial charge in [-0.25, -0.2) is 4.99 Å². The van der Waals surface area contributed by atoms with Crippen LogP contribution in [0.4, 0.5) is 5.82 Å². The topological polar surface area (TPSA) is 115 Å². The number of aromatic nitrogens is 2. The van der Waals surface area contributed by atoms with E-state index in [1.807, 2.05) is 16.0 Å². The molecular weight excluding hydrogens is 332 g/mol. The van der Waals surface area contributed by atoms with E-state index < -0.39 is 0 Å². The van der Waals surface area contributed by atoms with Gasteiger partial charge in [0.15, 0.2) is 11.7 Å². The van der Waals surface area contributed by atoms with Crippen LogP contribution in [0.5, 0.6) is 0 Å². The summed E-state index contributed by atoms with van der Waals surface area (Å²) in [4.78, 5) is 23.1. The number of hydrogen-bond acceptors (Lipinski definition) is 6. The summed E-state index contributed by atoms with van der Waals surface area (Å²) in [6.07, 6.45) is 7.16. The van der Waals surface area contributed by atoms with Crippen molar-refractivity contribution in [3.8, 4) is 0 Å². The molecule has 5 rings (SSSR count). The molecule has 136 valence electrons. The van der Waals surface area contributed by atoms with Gasteiger partial charge in [-0.1, -0.05) is 6.08 Å². The summed E-state index contributed by atoms with van der Waals surface area (Å²) in [5, 5.41) is 9.43. The first-order valence-electron chi connectivity index (χ1n) is 9.22. The summed E-state index contributed by atoms with van der Waals surface area (Å²) in [6.45, 7) is 1.60. The zero-order chi connectivity index (χ0) is 17.7. The van der Waals surface area contributed by atoms with Crippen molar-refractivity contribution in [2.24, 2.45) is 15.7 Å². The number of carbonyl (C=O) groups is 1. The molecule has 26 heavy (non-hydrogen) atoms. The van der Waals surface area contributed by atoms with Crippen molar-refractivity contribution in [1.29, 1.82) is 0 Å². The van der Waals surface area contributed by atoms with Gasteiger partial charge in [-0.3, -0.25) is 20.3 Å². The van der Waals surface area contributed by atoms with Crippen LogP contribution >= 0.6 is 0 Å². The third-order valence-electron chi connectivity index (χ3n) is 5.33. The molecular formula is C17H22N8O. The van der Waals surface area contributed by atoms with Crippen LogP contribution in [-0.2, 0) is 4.79 Å². The van der Waals surface area contributed by atoms with Gasteiger partial charge in [0.25, 0.3) is 0 Å². The number of fused-ring (bicyclic) bond motifs is 1. The molecule has 0 aromatic carbocycles. The molecule has 0 bridgehead atoms. The maximum absolute atomic E-state index is 11.8. The first-order chi connectivity index (χ1) is 12.7. The third kappa shape index (κ3) is 2.63. The Morgan fingerprint density at radius 1 is 1.31 bits per heavy atom. The quantitative estimate of drug-likeness (QED) is 0.740. The van der Waals surface area contributed by atoms with Gasteiger partial charge in [-0.05, 0) is 32.1 Å². The highest BCUT2D eigenvalue weighted by Crippen LogP contribution is 2.40. The lowest BCUT2D eigenvalue weighted by Gasteiger charge is -2.34. The van der Waals surface area contributed by atoms with E-state index in [1.54, 1.807) is 0 Å². The molecule has 2 fully saturated rings. The highest BCUT2D eigenvalue weighted by Gasteiger charge is 2.36. The second kappa shape index (κ2) is 5.86. The average molecular weight is 354 g/mol. The highest BCUT2D eigenvalue weighted by atomic mass is 16.1. The predicted octanol–water partition coefficient (Wildman–Crippen LogP) is 0.731. The molecule has 0 spiro atoms. The number of rotatable bonds is 3. The fraction of sp³-hybridized carbons (Fsp3) is 0.529. The summed E-state index contributed by atoms with van der Waals surface area (Å²) in [6, 6.07) is 1.69. The molecule has 0 radical (unpaired) electrons. The normalized spacial score (nSPS) is 26.6. The number of nitrogens with one attached hydrogen (secondary N) is 2. The van der Waals surface area contributed by atoms with Crippen molar-refractivity contribution >= 4 is 23.5 Å². The smallest absolute Gasteiger partial charge is 0.240 e. The molecule has 3 aliphatic heterocycles. The minimum Gasteiger partial charge on any atom is -0.368 e. The van der Waals surface area contributed by atoms with Gasteiger partial charge in [-0.15, -0.1) is 0 Å². The van der Waals surface area contributed by atoms with Gasteiger partial charge in [0.2, 0.25) is 11.9 Å². The van der Waals surface area contributed by atoms with Gasteiger partial charge in [-0.2, -0.15) is 10.1 Å². The molecule has 4 N–H and O–H groups in total. The van der Waals surface area contributed by atoms with Crippen LogP contribution in [0.15, 0.2) is 27.8 Å². The average Bonchev–Trinajstić information content (AvgIpc) is 3.06. The Hall–Kier alpha value is -2.84. The van der Waals surface area contributed by atoms with Crippen LogP contribution in [0.3, 0.4) is 0 Å². The molecule has 1 aliphatic carbocycles. The summed E-state index contributed by atoms with van der Waals surface area (Å²) in [5.41, 5.74) is 11.0. The van der Waals surface area contributed by atoms with Crippen LogP contribution < -0.4 is 11.2 Å². The minimum absolute atomic E-state index is 0.311. The van der Waals surface area contributed by atoms with Gasteiger partial charge < -0.3 is 10.6 Å². The lowest BCUT2D eigenvalue weighted by Crippen LogP contribution is -2.56. The van der Waals surface area contributed by atoms with Crippen molar-refractivity contribution in [1.82, 2.24) is 25.5 Å². The van der Waals surface area contributed by atoms with E-state index in [0.29, 0.717) is 23.5 Å². The Bertz CT molecular complexity index is 834. The van der Waals surface area contributed by atoms with Crippen LogP contribution in [0.1, 0.15) is 43.7 Å². The monoisotopic (exact) mass is 354 g/mol. The van der Waals surface area contributed by atoms with Crippen molar-refractivity contribution in [2.75, 3.05) is 13.1 Å². The van der Waals surface area contributed by atoms with Gasteiger partial charge in [0.05, 0.1) is 5.70 Å². The van der Waals surface area contributed by atoms with Gasteiger partial charge in [0.1, 0.15) is 6.04 Å².